The van der Waals surface area contributed by atoms with Gasteiger partial charge in [-0.15, -0.1) is 0 Å². The Hall–Kier alpha value is -1.39. The third kappa shape index (κ3) is 2.23. The number of imide groups is 1. The maximum atomic E-state index is 11.9. The van der Waals surface area contributed by atoms with Crippen molar-refractivity contribution in [3.8, 4) is 0 Å². The number of carbonyl (C=O) groups is 3. The summed E-state index contributed by atoms with van der Waals surface area (Å²) in [6.45, 7) is 0. The average molecular weight is 288 g/mol. The van der Waals surface area contributed by atoms with Crippen molar-refractivity contribution in [1.29, 1.82) is 0 Å². The van der Waals surface area contributed by atoms with Crippen LogP contribution in [-0.2, 0) is 23.9 Å². The summed E-state index contributed by atoms with van der Waals surface area (Å²) in [5, 5.41) is 19.8. The van der Waals surface area contributed by atoms with E-state index in [1.54, 1.807) is 0 Å². The van der Waals surface area contributed by atoms with E-state index in [4.69, 9.17) is 15.2 Å². The third-order valence-corrected chi connectivity index (χ3v) is 3.49. The van der Waals surface area contributed by atoms with E-state index in [-0.39, 0.29) is 6.42 Å². The second-order valence-corrected chi connectivity index (χ2v) is 4.73. The van der Waals surface area contributed by atoms with Crippen molar-refractivity contribution in [3.63, 3.8) is 0 Å². The van der Waals surface area contributed by atoms with Gasteiger partial charge in [0.05, 0.1) is 12.5 Å². The highest BCUT2D eigenvalue weighted by Crippen LogP contribution is 2.28. The SMILES string of the molecule is COC1OC(C=O)C(O)C(O)C1N1C(=O)CC(N)C1=O. The molecular formula is C11H16N2O7. The lowest BCUT2D eigenvalue weighted by molar-refractivity contribution is -0.261. The largest absolute Gasteiger partial charge is 0.388 e. The zero-order chi connectivity index (χ0) is 15.0. The summed E-state index contributed by atoms with van der Waals surface area (Å²) in [4.78, 5) is 35.2. The number of carbonyl (C=O) groups excluding carboxylic acids is 3. The van der Waals surface area contributed by atoms with E-state index >= 15 is 0 Å². The van der Waals surface area contributed by atoms with Gasteiger partial charge >= 0.3 is 0 Å². The highest BCUT2D eigenvalue weighted by atomic mass is 16.7. The molecule has 6 unspecified atom stereocenters. The van der Waals surface area contributed by atoms with Gasteiger partial charge in [0.15, 0.2) is 12.6 Å². The summed E-state index contributed by atoms with van der Waals surface area (Å²) in [7, 11) is 1.23. The van der Waals surface area contributed by atoms with Crippen molar-refractivity contribution in [2.75, 3.05) is 7.11 Å². The van der Waals surface area contributed by atoms with E-state index in [2.05, 4.69) is 0 Å². The summed E-state index contributed by atoms with van der Waals surface area (Å²) in [6, 6.07) is -2.24. The zero-order valence-electron chi connectivity index (χ0n) is 10.7. The Kier molecular flexibility index (Phi) is 4.16. The predicted octanol–water partition coefficient (Wildman–Crippen LogP) is -3.27. The molecule has 2 fully saturated rings. The van der Waals surface area contributed by atoms with Crippen LogP contribution in [-0.4, -0.2) is 77.0 Å². The van der Waals surface area contributed by atoms with Crippen molar-refractivity contribution in [2.24, 2.45) is 5.73 Å². The number of rotatable bonds is 3. The Labute approximate surface area is 114 Å². The molecule has 112 valence electrons. The fraction of sp³-hybridized carbons (Fsp3) is 0.727. The van der Waals surface area contributed by atoms with Gasteiger partial charge in [-0.3, -0.25) is 14.5 Å². The molecule has 2 heterocycles. The van der Waals surface area contributed by atoms with Crippen LogP contribution in [0.25, 0.3) is 0 Å². The molecule has 9 nitrogen and oxygen atoms in total. The topological polar surface area (TPSA) is 139 Å². The number of nitrogens with two attached hydrogens (primary N) is 1. The van der Waals surface area contributed by atoms with Crippen LogP contribution in [0, 0.1) is 0 Å². The van der Waals surface area contributed by atoms with Crippen LogP contribution in [0.1, 0.15) is 6.42 Å². The number of hydrogen-bond donors (Lipinski definition) is 3. The monoisotopic (exact) mass is 288 g/mol. The molecule has 0 bridgehead atoms. The van der Waals surface area contributed by atoms with Gasteiger partial charge in [0, 0.05) is 7.11 Å². The molecule has 0 aliphatic carbocycles. The van der Waals surface area contributed by atoms with Gasteiger partial charge in [-0.05, 0) is 0 Å². The lowest BCUT2D eigenvalue weighted by Gasteiger charge is -2.43. The molecule has 6 atom stereocenters. The minimum Gasteiger partial charge on any atom is -0.388 e. The van der Waals surface area contributed by atoms with Gasteiger partial charge < -0.3 is 30.2 Å². The van der Waals surface area contributed by atoms with Crippen LogP contribution in [0.4, 0.5) is 0 Å². The molecule has 0 aromatic carbocycles. The number of likely N-dealkylation sites (tertiary alicyclic amines) is 1. The molecule has 2 amide bonds. The van der Waals surface area contributed by atoms with Gasteiger partial charge in [0.25, 0.3) is 0 Å². The molecule has 2 saturated heterocycles. The lowest BCUT2D eigenvalue weighted by Crippen LogP contribution is -2.65. The molecule has 0 saturated carbocycles. The van der Waals surface area contributed by atoms with E-state index < -0.39 is 48.5 Å². The van der Waals surface area contributed by atoms with Gasteiger partial charge in [-0.2, -0.15) is 0 Å². The summed E-state index contributed by atoms with van der Waals surface area (Å²) in [6.07, 6.45) is -5.53. The molecule has 9 heteroatoms. The number of ether oxygens (including phenoxy) is 2. The van der Waals surface area contributed by atoms with E-state index in [0.717, 1.165) is 4.90 Å². The molecule has 2 rings (SSSR count). The first-order valence-corrected chi connectivity index (χ1v) is 6.03. The second-order valence-electron chi connectivity index (χ2n) is 4.73. The Morgan fingerprint density at radius 1 is 1.40 bits per heavy atom. The zero-order valence-corrected chi connectivity index (χ0v) is 10.7. The number of aldehydes is 1. The normalized spacial score (nSPS) is 42.1. The lowest BCUT2D eigenvalue weighted by atomic mass is 9.96. The fourth-order valence-corrected chi connectivity index (χ4v) is 2.44. The minimum atomic E-state index is -1.57. The predicted molar refractivity (Wildman–Crippen MR) is 62.0 cm³/mol. The summed E-state index contributed by atoms with van der Waals surface area (Å²) in [5.41, 5.74) is 5.49. The van der Waals surface area contributed by atoms with Gasteiger partial charge in [-0.1, -0.05) is 0 Å². The molecule has 20 heavy (non-hydrogen) atoms. The number of aliphatic hydroxyl groups is 2. The number of nitrogens with zero attached hydrogens (tertiary/aromatic N) is 1. The Morgan fingerprint density at radius 2 is 2.05 bits per heavy atom. The molecule has 2 aliphatic heterocycles. The number of aliphatic hydroxyl groups excluding tert-OH is 2. The quantitative estimate of drug-likeness (QED) is 0.363. The first kappa shape index (κ1) is 15.0. The minimum absolute atomic E-state index is 0.189. The molecule has 0 spiro atoms. The van der Waals surface area contributed by atoms with Crippen LogP contribution in [0.2, 0.25) is 0 Å². The van der Waals surface area contributed by atoms with Crippen molar-refractivity contribution < 1.29 is 34.1 Å². The standard InChI is InChI=1S/C11H16N2O7/c1-19-11-7(9(17)8(16)5(3-14)20-11)13-6(15)2-4(12)10(13)18/h3-5,7-9,11,16-17H,2,12H2,1H3. The highest BCUT2D eigenvalue weighted by Gasteiger charge is 2.53. The van der Waals surface area contributed by atoms with E-state index in [9.17, 15) is 24.6 Å². The van der Waals surface area contributed by atoms with Crippen molar-refractivity contribution >= 4 is 18.1 Å². The maximum absolute atomic E-state index is 11.9. The van der Waals surface area contributed by atoms with Crippen molar-refractivity contribution in [3.05, 3.63) is 0 Å². The Morgan fingerprint density at radius 3 is 2.50 bits per heavy atom. The van der Waals surface area contributed by atoms with Crippen LogP contribution < -0.4 is 5.73 Å². The third-order valence-electron chi connectivity index (χ3n) is 3.49. The smallest absolute Gasteiger partial charge is 0.247 e. The van der Waals surface area contributed by atoms with Crippen molar-refractivity contribution in [1.82, 2.24) is 4.90 Å². The maximum Gasteiger partial charge on any atom is 0.247 e. The van der Waals surface area contributed by atoms with Gasteiger partial charge in [0.2, 0.25) is 11.8 Å². The Bertz CT molecular complexity index is 427. The summed E-state index contributed by atoms with van der Waals surface area (Å²) >= 11 is 0. The molecule has 4 N–H and O–H groups in total. The average Bonchev–Trinajstić information content (AvgIpc) is 2.67. The van der Waals surface area contributed by atoms with E-state index in [1.807, 2.05) is 0 Å². The summed E-state index contributed by atoms with van der Waals surface area (Å²) < 4.78 is 10.1. The highest BCUT2D eigenvalue weighted by molar-refractivity contribution is 6.05. The van der Waals surface area contributed by atoms with E-state index in [0.29, 0.717) is 6.29 Å². The second kappa shape index (κ2) is 5.54. The molecule has 0 radical (unpaired) electrons. The molecule has 0 aromatic rings. The van der Waals surface area contributed by atoms with Gasteiger partial charge in [0.1, 0.15) is 24.4 Å². The number of amides is 2. The fourth-order valence-electron chi connectivity index (χ4n) is 2.44. The molecular weight excluding hydrogens is 272 g/mol. The number of methoxy groups -OCH3 is 1. The first-order valence-electron chi connectivity index (χ1n) is 6.03. The number of hydrogen-bond acceptors (Lipinski definition) is 8. The molecule has 0 aromatic heterocycles. The van der Waals surface area contributed by atoms with Crippen LogP contribution in [0.3, 0.4) is 0 Å². The van der Waals surface area contributed by atoms with E-state index in [1.165, 1.54) is 7.11 Å². The van der Waals surface area contributed by atoms with Crippen molar-refractivity contribution in [2.45, 2.75) is 43.1 Å². The molecule has 2 aliphatic rings. The van der Waals surface area contributed by atoms with Crippen LogP contribution >= 0.6 is 0 Å². The van der Waals surface area contributed by atoms with Crippen LogP contribution in [0.5, 0.6) is 0 Å². The Balaban J connectivity index is 2.31. The van der Waals surface area contributed by atoms with Crippen LogP contribution in [0.15, 0.2) is 0 Å². The van der Waals surface area contributed by atoms with Gasteiger partial charge in [-0.25, -0.2) is 0 Å². The summed E-state index contributed by atoms with van der Waals surface area (Å²) in [5.74, 6) is -1.27. The first-order chi connectivity index (χ1) is 9.42.